The van der Waals surface area contributed by atoms with Gasteiger partial charge in [0.05, 0.1) is 17.9 Å². The Hall–Kier alpha value is -1.88. The Labute approximate surface area is 124 Å². The van der Waals surface area contributed by atoms with Gasteiger partial charge in [-0.2, -0.15) is 0 Å². The summed E-state index contributed by atoms with van der Waals surface area (Å²) in [5.74, 6) is -1.86. The Bertz CT molecular complexity index is 488. The summed E-state index contributed by atoms with van der Waals surface area (Å²) < 4.78 is 5.70. The molecule has 21 heavy (non-hydrogen) atoms. The number of carbonyl (C=O) groups excluding carboxylic acids is 1. The van der Waals surface area contributed by atoms with E-state index in [1.165, 1.54) is 0 Å². The lowest BCUT2D eigenvalue weighted by Crippen LogP contribution is -2.28. The predicted octanol–water partition coefficient (Wildman–Crippen LogP) is 1.99. The van der Waals surface area contributed by atoms with Gasteiger partial charge in [0.15, 0.2) is 0 Å². The highest BCUT2D eigenvalue weighted by Gasteiger charge is 2.48. The molecule has 2 N–H and O–H groups in total. The van der Waals surface area contributed by atoms with E-state index in [1.54, 1.807) is 0 Å². The summed E-state index contributed by atoms with van der Waals surface area (Å²) >= 11 is 0. The summed E-state index contributed by atoms with van der Waals surface area (Å²) in [5.41, 5.74) is 1.13. The van der Waals surface area contributed by atoms with Crippen molar-refractivity contribution in [2.75, 3.05) is 13.2 Å². The number of hydrogen-bond acceptors (Lipinski definition) is 3. The second-order valence-electron chi connectivity index (χ2n) is 5.36. The summed E-state index contributed by atoms with van der Waals surface area (Å²) in [6.07, 6.45) is 1.21. The number of amides is 1. The first-order chi connectivity index (χ1) is 10.1. The largest absolute Gasteiger partial charge is 0.481 e. The maximum Gasteiger partial charge on any atom is 0.307 e. The van der Waals surface area contributed by atoms with E-state index in [-0.39, 0.29) is 17.9 Å². The number of hydrogen-bond donors (Lipinski definition) is 2. The predicted molar refractivity (Wildman–Crippen MR) is 77.7 cm³/mol. The van der Waals surface area contributed by atoms with Crippen molar-refractivity contribution in [3.05, 3.63) is 35.9 Å². The zero-order chi connectivity index (χ0) is 15.2. The number of carboxylic acid groups (broad SMARTS) is 1. The van der Waals surface area contributed by atoms with E-state index in [9.17, 15) is 9.59 Å². The van der Waals surface area contributed by atoms with E-state index in [0.29, 0.717) is 26.0 Å². The van der Waals surface area contributed by atoms with Gasteiger partial charge >= 0.3 is 5.97 Å². The second kappa shape index (κ2) is 7.22. The van der Waals surface area contributed by atoms with Crippen LogP contribution in [0, 0.1) is 11.8 Å². The number of benzene rings is 1. The molecule has 1 saturated carbocycles. The van der Waals surface area contributed by atoms with Crippen LogP contribution in [0.4, 0.5) is 0 Å². The fraction of sp³-hybridized carbons (Fsp3) is 0.500. The Kier molecular flexibility index (Phi) is 5.33. The van der Waals surface area contributed by atoms with Crippen LogP contribution in [-0.4, -0.2) is 30.1 Å². The van der Waals surface area contributed by atoms with Gasteiger partial charge in [0, 0.05) is 13.2 Å². The zero-order valence-corrected chi connectivity index (χ0v) is 12.1. The third kappa shape index (κ3) is 4.56. The molecule has 3 atom stereocenters. The van der Waals surface area contributed by atoms with Gasteiger partial charge in [0.1, 0.15) is 0 Å². The van der Waals surface area contributed by atoms with Crippen LogP contribution in [0.5, 0.6) is 0 Å². The van der Waals surface area contributed by atoms with Crippen LogP contribution in [0.1, 0.15) is 31.4 Å². The highest BCUT2D eigenvalue weighted by atomic mass is 16.5. The number of ether oxygens (including phenoxy) is 1. The molecule has 1 aliphatic rings. The molecule has 5 nitrogen and oxygen atoms in total. The molecule has 0 saturated heterocycles. The van der Waals surface area contributed by atoms with E-state index in [1.807, 2.05) is 37.3 Å². The minimum absolute atomic E-state index is 0.0294. The molecule has 1 fully saturated rings. The SMILES string of the molecule is C[C@H](OCCCNC(=O)[C@@H]1C[C@@H]1C(=O)O)c1ccccc1. The average molecular weight is 291 g/mol. The van der Waals surface area contributed by atoms with Crippen molar-refractivity contribution in [3.8, 4) is 0 Å². The average Bonchev–Trinajstić information content (AvgIpc) is 3.28. The molecular weight excluding hydrogens is 270 g/mol. The fourth-order valence-electron chi connectivity index (χ4n) is 2.25. The molecule has 114 valence electrons. The summed E-state index contributed by atoms with van der Waals surface area (Å²) in [6, 6.07) is 9.96. The lowest BCUT2D eigenvalue weighted by atomic mass is 10.1. The molecule has 0 radical (unpaired) electrons. The third-order valence-electron chi connectivity index (χ3n) is 3.70. The molecule has 2 rings (SSSR count). The van der Waals surface area contributed by atoms with Gasteiger partial charge in [-0.25, -0.2) is 0 Å². The van der Waals surface area contributed by atoms with Gasteiger partial charge < -0.3 is 15.2 Å². The maximum atomic E-state index is 11.6. The van der Waals surface area contributed by atoms with Crippen molar-refractivity contribution >= 4 is 11.9 Å². The van der Waals surface area contributed by atoms with Gasteiger partial charge in [0.2, 0.25) is 5.91 Å². The van der Waals surface area contributed by atoms with Crippen molar-refractivity contribution in [1.82, 2.24) is 5.32 Å². The molecule has 0 aliphatic heterocycles. The molecular formula is C16H21NO4. The van der Waals surface area contributed by atoms with Crippen LogP contribution in [0.25, 0.3) is 0 Å². The molecule has 0 spiro atoms. The van der Waals surface area contributed by atoms with Crippen LogP contribution >= 0.6 is 0 Å². The molecule has 0 aromatic heterocycles. The van der Waals surface area contributed by atoms with Crippen LogP contribution in [0.3, 0.4) is 0 Å². The summed E-state index contributed by atoms with van der Waals surface area (Å²) in [5, 5.41) is 11.5. The van der Waals surface area contributed by atoms with Crippen LogP contribution in [0.15, 0.2) is 30.3 Å². The molecule has 0 unspecified atom stereocenters. The van der Waals surface area contributed by atoms with Gasteiger partial charge in [-0.15, -0.1) is 0 Å². The quantitative estimate of drug-likeness (QED) is 0.718. The van der Waals surface area contributed by atoms with E-state index >= 15 is 0 Å². The van der Waals surface area contributed by atoms with Gasteiger partial charge in [0.25, 0.3) is 0 Å². The molecule has 1 aromatic rings. The van der Waals surface area contributed by atoms with Gasteiger partial charge in [-0.05, 0) is 25.3 Å². The van der Waals surface area contributed by atoms with E-state index in [2.05, 4.69) is 5.32 Å². The lowest BCUT2D eigenvalue weighted by molar-refractivity contribution is -0.140. The maximum absolute atomic E-state index is 11.6. The fourth-order valence-corrected chi connectivity index (χ4v) is 2.25. The van der Waals surface area contributed by atoms with Crippen LogP contribution in [0.2, 0.25) is 0 Å². The Morgan fingerprint density at radius 2 is 2.05 bits per heavy atom. The standard InChI is InChI=1S/C16H21NO4/c1-11(12-6-3-2-4-7-12)21-9-5-8-17-15(18)13-10-14(13)16(19)20/h2-4,6-7,11,13-14H,5,8-10H2,1H3,(H,17,18)(H,19,20)/t11-,13+,14-/m0/s1. The molecule has 5 heteroatoms. The summed E-state index contributed by atoms with van der Waals surface area (Å²) in [7, 11) is 0. The number of rotatable bonds is 8. The minimum atomic E-state index is -0.879. The van der Waals surface area contributed by atoms with Crippen molar-refractivity contribution in [2.24, 2.45) is 11.8 Å². The normalized spacial score (nSPS) is 21.6. The first-order valence-corrected chi connectivity index (χ1v) is 7.26. The van der Waals surface area contributed by atoms with E-state index in [4.69, 9.17) is 9.84 Å². The monoisotopic (exact) mass is 291 g/mol. The van der Waals surface area contributed by atoms with Gasteiger partial charge in [-0.3, -0.25) is 9.59 Å². The highest BCUT2D eigenvalue weighted by Crippen LogP contribution is 2.38. The topological polar surface area (TPSA) is 75.6 Å². The highest BCUT2D eigenvalue weighted by molar-refractivity contribution is 5.89. The van der Waals surface area contributed by atoms with Crippen molar-refractivity contribution < 1.29 is 19.4 Å². The van der Waals surface area contributed by atoms with E-state index < -0.39 is 11.9 Å². The van der Waals surface area contributed by atoms with Crippen LogP contribution < -0.4 is 5.32 Å². The third-order valence-corrected chi connectivity index (χ3v) is 3.70. The van der Waals surface area contributed by atoms with Gasteiger partial charge in [-0.1, -0.05) is 30.3 Å². The van der Waals surface area contributed by atoms with Crippen molar-refractivity contribution in [2.45, 2.75) is 25.9 Å². The molecule has 1 amide bonds. The first-order valence-electron chi connectivity index (χ1n) is 7.26. The minimum Gasteiger partial charge on any atom is -0.481 e. The van der Waals surface area contributed by atoms with Crippen molar-refractivity contribution in [3.63, 3.8) is 0 Å². The summed E-state index contributed by atoms with van der Waals surface area (Å²) in [4.78, 5) is 22.3. The zero-order valence-electron chi connectivity index (χ0n) is 12.1. The molecule has 0 heterocycles. The summed E-state index contributed by atoms with van der Waals surface area (Å²) in [6.45, 7) is 3.07. The Morgan fingerprint density at radius 1 is 1.33 bits per heavy atom. The first kappa shape index (κ1) is 15.5. The van der Waals surface area contributed by atoms with E-state index in [0.717, 1.165) is 5.56 Å². The van der Waals surface area contributed by atoms with Crippen molar-refractivity contribution in [1.29, 1.82) is 0 Å². The number of carbonyl (C=O) groups is 2. The smallest absolute Gasteiger partial charge is 0.307 e. The lowest BCUT2D eigenvalue weighted by Gasteiger charge is -2.13. The molecule has 0 bridgehead atoms. The number of nitrogens with one attached hydrogen (secondary N) is 1. The Balaban J connectivity index is 1.56. The van der Waals surface area contributed by atoms with Crippen LogP contribution in [-0.2, 0) is 14.3 Å². The molecule has 1 aliphatic carbocycles. The second-order valence-corrected chi connectivity index (χ2v) is 5.36. The number of aliphatic carboxylic acids is 1. The Morgan fingerprint density at radius 3 is 2.67 bits per heavy atom. The molecule has 1 aromatic carbocycles. The number of carboxylic acids is 1.